The Morgan fingerprint density at radius 1 is 0.833 bits per heavy atom. The van der Waals surface area contributed by atoms with Gasteiger partial charge in [-0.1, -0.05) is 23.5 Å². The fourth-order valence-corrected chi connectivity index (χ4v) is 2.88. The molecule has 0 bridgehead atoms. The first kappa shape index (κ1) is 18.9. The van der Waals surface area contributed by atoms with Crippen LogP contribution in [-0.2, 0) is 4.79 Å². The van der Waals surface area contributed by atoms with E-state index in [1.807, 2.05) is 0 Å². The van der Waals surface area contributed by atoms with Gasteiger partial charge in [-0.3, -0.25) is 14.8 Å². The second kappa shape index (κ2) is 10.5. The van der Waals surface area contributed by atoms with E-state index in [4.69, 9.17) is 23.2 Å². The van der Waals surface area contributed by atoms with Crippen LogP contribution in [0.4, 0.5) is 0 Å². The van der Waals surface area contributed by atoms with Crippen LogP contribution in [0, 0.1) is 0 Å². The molecule has 0 aliphatic rings. The van der Waals surface area contributed by atoms with Gasteiger partial charge in [0.15, 0.2) is 5.78 Å². The van der Waals surface area contributed by atoms with Crippen LogP contribution in [0.1, 0.15) is 11.4 Å². The average molecular weight is 399 g/mol. The molecule has 2 rings (SSSR count). The lowest BCUT2D eigenvalue weighted by Gasteiger charge is -1.96. The molecule has 0 N–H and O–H groups in total. The van der Waals surface area contributed by atoms with Crippen molar-refractivity contribution in [2.24, 2.45) is 0 Å². The van der Waals surface area contributed by atoms with Gasteiger partial charge in [0.2, 0.25) is 0 Å². The number of aromatic nitrogens is 4. The number of rotatable bonds is 8. The maximum absolute atomic E-state index is 11.8. The van der Waals surface area contributed by atoms with Crippen molar-refractivity contribution in [2.45, 2.75) is 10.1 Å². The molecule has 0 saturated heterocycles. The van der Waals surface area contributed by atoms with Gasteiger partial charge in [0.1, 0.15) is 10.1 Å². The van der Waals surface area contributed by atoms with Crippen molar-refractivity contribution in [2.75, 3.05) is 10.4 Å². The van der Waals surface area contributed by atoms with Gasteiger partial charge in [0.05, 0.1) is 46.6 Å². The van der Waals surface area contributed by atoms with Gasteiger partial charge < -0.3 is 0 Å². The van der Waals surface area contributed by atoms with E-state index in [9.17, 15) is 4.79 Å². The Kier molecular flexibility index (Phi) is 8.24. The van der Waals surface area contributed by atoms with E-state index in [0.717, 1.165) is 10.1 Å². The second-order valence-corrected chi connectivity index (χ2v) is 7.29. The predicted octanol–water partition coefficient (Wildman–Crippen LogP) is 4.14. The Morgan fingerprint density at radius 3 is 1.62 bits per heavy atom. The highest BCUT2D eigenvalue weighted by Gasteiger charge is 1.98. The van der Waals surface area contributed by atoms with Crippen LogP contribution in [-0.4, -0.2) is 36.1 Å². The number of alkyl halides is 2. The number of hydrogen-bond donors (Lipinski definition) is 0. The van der Waals surface area contributed by atoms with Gasteiger partial charge in [0, 0.05) is 0 Å². The number of hydrogen-bond acceptors (Lipinski definition) is 7. The van der Waals surface area contributed by atoms with E-state index in [-0.39, 0.29) is 5.78 Å². The molecule has 0 aliphatic carbocycles. The highest BCUT2D eigenvalue weighted by molar-refractivity contribution is 8.00. The number of allylic oxidation sites excluding steroid dienone is 2. The minimum Gasteiger partial charge on any atom is -0.290 e. The first-order valence-corrected chi connectivity index (χ1v) is 9.67. The van der Waals surface area contributed by atoms with Gasteiger partial charge in [-0.05, 0) is 24.3 Å². The molecule has 0 fully saturated rings. The van der Waals surface area contributed by atoms with Crippen molar-refractivity contribution in [1.82, 2.24) is 19.9 Å². The van der Waals surface area contributed by atoms with Gasteiger partial charge in [0.25, 0.3) is 0 Å². The Hall–Kier alpha value is -1.41. The summed E-state index contributed by atoms with van der Waals surface area (Å²) in [4.78, 5) is 28.5. The number of thioether (sulfide) groups is 2. The quantitative estimate of drug-likeness (QED) is 0.375. The van der Waals surface area contributed by atoms with Crippen molar-refractivity contribution < 1.29 is 4.79 Å². The molecule has 5 nitrogen and oxygen atoms in total. The summed E-state index contributed by atoms with van der Waals surface area (Å²) in [6, 6.07) is 0. The zero-order valence-electron chi connectivity index (χ0n) is 12.3. The van der Waals surface area contributed by atoms with Crippen LogP contribution in [0.15, 0.2) is 47.0 Å². The predicted molar refractivity (Wildman–Crippen MR) is 100 cm³/mol. The molecule has 0 radical (unpaired) electrons. The highest BCUT2D eigenvalue weighted by Crippen LogP contribution is 2.15. The Balaban J connectivity index is 1.91. The third-order valence-corrected chi connectivity index (χ3v) is 4.42. The molecule has 2 aromatic heterocycles. The Morgan fingerprint density at radius 2 is 1.29 bits per heavy atom. The summed E-state index contributed by atoms with van der Waals surface area (Å²) >= 11 is 14.0. The fraction of sp³-hybridized carbons (Fsp3) is 0.133. The molecule has 0 unspecified atom stereocenters. The molecular formula is C15H12Cl2N4OS2. The van der Waals surface area contributed by atoms with Gasteiger partial charge in [-0.25, -0.2) is 9.97 Å². The summed E-state index contributed by atoms with van der Waals surface area (Å²) in [6.07, 6.45) is 12.4. The Labute approximate surface area is 158 Å². The van der Waals surface area contributed by atoms with Crippen LogP contribution >= 0.6 is 46.7 Å². The SMILES string of the molecule is O=C(/C=C/c1cnc(SCCl)cn1)/C=C/c1cnc(SCCl)cn1. The summed E-state index contributed by atoms with van der Waals surface area (Å²) in [7, 11) is 0. The number of carbonyl (C=O) groups is 1. The first-order valence-electron chi connectivity index (χ1n) is 6.63. The van der Waals surface area contributed by atoms with Crippen molar-refractivity contribution in [3.63, 3.8) is 0 Å². The Bertz CT molecular complexity index is 660. The van der Waals surface area contributed by atoms with Crippen LogP contribution in [0.3, 0.4) is 0 Å². The van der Waals surface area contributed by atoms with Gasteiger partial charge in [-0.2, -0.15) is 0 Å². The van der Waals surface area contributed by atoms with Gasteiger partial charge >= 0.3 is 0 Å². The standard InChI is InChI=1S/C15H12Cl2N4OS2/c16-9-23-14-7-18-11(5-20-14)1-3-13(22)4-2-12-6-21-15(8-19-12)24-10-17/h1-8H,9-10H2/b3-1+,4-2+. The molecule has 2 aromatic rings. The van der Waals surface area contributed by atoms with Crippen molar-refractivity contribution >= 4 is 64.7 Å². The van der Waals surface area contributed by atoms with E-state index < -0.39 is 0 Å². The fourth-order valence-electron chi connectivity index (χ4n) is 1.48. The van der Waals surface area contributed by atoms with E-state index in [1.54, 1.807) is 36.9 Å². The number of halogens is 2. The molecule has 2 heterocycles. The summed E-state index contributed by atoms with van der Waals surface area (Å²) in [6.45, 7) is 0. The van der Waals surface area contributed by atoms with Crippen molar-refractivity contribution in [3.8, 4) is 0 Å². The summed E-state index contributed by atoms with van der Waals surface area (Å²) in [5.41, 5.74) is 1.19. The molecule has 0 aromatic carbocycles. The maximum Gasteiger partial charge on any atom is 0.178 e. The van der Waals surface area contributed by atoms with Gasteiger partial charge in [-0.15, -0.1) is 23.2 Å². The minimum atomic E-state index is -0.183. The molecule has 0 saturated carbocycles. The normalized spacial score (nSPS) is 11.4. The second-order valence-electron chi connectivity index (χ2n) is 4.13. The van der Waals surface area contributed by atoms with Crippen molar-refractivity contribution in [1.29, 1.82) is 0 Å². The molecule has 9 heteroatoms. The molecule has 0 spiro atoms. The number of ketones is 1. The topological polar surface area (TPSA) is 68.6 Å². The zero-order valence-corrected chi connectivity index (χ0v) is 15.4. The van der Waals surface area contributed by atoms with E-state index in [1.165, 1.54) is 35.7 Å². The van der Waals surface area contributed by atoms with Crippen LogP contribution < -0.4 is 0 Å². The van der Waals surface area contributed by atoms with Crippen LogP contribution in [0.5, 0.6) is 0 Å². The first-order chi connectivity index (χ1) is 11.7. The van der Waals surface area contributed by atoms with E-state index >= 15 is 0 Å². The molecule has 0 amide bonds. The van der Waals surface area contributed by atoms with Crippen LogP contribution in [0.2, 0.25) is 0 Å². The monoisotopic (exact) mass is 398 g/mol. The third-order valence-electron chi connectivity index (χ3n) is 2.54. The smallest absolute Gasteiger partial charge is 0.178 e. The largest absolute Gasteiger partial charge is 0.290 e. The lowest BCUT2D eigenvalue weighted by molar-refractivity contribution is -0.110. The summed E-state index contributed by atoms with van der Waals surface area (Å²) < 4.78 is 0. The summed E-state index contributed by atoms with van der Waals surface area (Å²) in [5.74, 6) is -0.183. The number of carbonyl (C=O) groups excluding carboxylic acids is 1. The molecule has 24 heavy (non-hydrogen) atoms. The lowest BCUT2D eigenvalue weighted by atomic mass is 10.2. The maximum atomic E-state index is 11.8. The average Bonchev–Trinajstić information content (AvgIpc) is 2.61. The van der Waals surface area contributed by atoms with E-state index in [2.05, 4.69) is 19.9 Å². The molecular weight excluding hydrogens is 387 g/mol. The minimum absolute atomic E-state index is 0.183. The molecule has 124 valence electrons. The summed E-state index contributed by atoms with van der Waals surface area (Å²) in [5, 5.41) is 2.31. The highest BCUT2D eigenvalue weighted by atomic mass is 35.5. The molecule has 0 aliphatic heterocycles. The number of nitrogens with zero attached hydrogens (tertiary/aromatic N) is 4. The van der Waals surface area contributed by atoms with Crippen molar-refractivity contribution in [3.05, 3.63) is 48.3 Å². The van der Waals surface area contributed by atoms with Crippen LogP contribution in [0.25, 0.3) is 12.2 Å². The molecule has 0 atom stereocenters. The van der Waals surface area contributed by atoms with E-state index in [0.29, 0.717) is 21.8 Å². The lowest BCUT2D eigenvalue weighted by Crippen LogP contribution is -1.90. The zero-order chi connectivity index (χ0) is 17.2. The third kappa shape index (κ3) is 6.60.